The molecule has 2 heterocycles. The van der Waals surface area contributed by atoms with Gasteiger partial charge in [0.15, 0.2) is 0 Å². The van der Waals surface area contributed by atoms with Gasteiger partial charge in [-0.1, -0.05) is 36.6 Å². The number of tetrazole rings is 1. The van der Waals surface area contributed by atoms with Crippen LogP contribution in [0.15, 0.2) is 30.6 Å². The quantitative estimate of drug-likeness (QED) is 0.871. The molecule has 1 atom stereocenters. The minimum absolute atomic E-state index is 0.0501. The van der Waals surface area contributed by atoms with Crippen molar-refractivity contribution in [1.82, 2.24) is 25.1 Å². The van der Waals surface area contributed by atoms with Gasteiger partial charge in [-0.15, -0.1) is 5.10 Å². The summed E-state index contributed by atoms with van der Waals surface area (Å²) in [7, 11) is 0. The maximum Gasteiger partial charge on any atom is 0.244 e. The van der Waals surface area contributed by atoms with E-state index in [0.29, 0.717) is 5.02 Å². The van der Waals surface area contributed by atoms with Crippen molar-refractivity contribution in [2.45, 2.75) is 38.3 Å². The van der Waals surface area contributed by atoms with E-state index in [0.717, 1.165) is 37.8 Å². The molecule has 0 aliphatic carbocycles. The Morgan fingerprint density at radius 2 is 2.05 bits per heavy atom. The highest BCUT2D eigenvalue weighted by Gasteiger charge is 2.26. The van der Waals surface area contributed by atoms with Crippen molar-refractivity contribution in [3.8, 4) is 0 Å². The minimum Gasteiger partial charge on any atom is -0.334 e. The number of benzene rings is 1. The van der Waals surface area contributed by atoms with Crippen molar-refractivity contribution in [2.24, 2.45) is 0 Å². The van der Waals surface area contributed by atoms with E-state index in [1.807, 2.05) is 29.2 Å². The molecule has 0 N–H and O–H groups in total. The predicted octanol–water partition coefficient (Wildman–Crippen LogP) is 2.47. The number of carbonyl (C=O) groups is 1. The lowest BCUT2D eigenvalue weighted by atomic mass is 10.0. The molecule has 22 heavy (non-hydrogen) atoms. The molecule has 2 aromatic rings. The fraction of sp³-hybridized carbons (Fsp3) is 0.467. The average Bonchev–Trinajstić information content (AvgIpc) is 2.90. The van der Waals surface area contributed by atoms with Crippen LogP contribution in [0.25, 0.3) is 0 Å². The third-order valence-corrected chi connectivity index (χ3v) is 4.27. The summed E-state index contributed by atoms with van der Waals surface area (Å²) in [6.45, 7) is 0.950. The number of amides is 1. The Hall–Kier alpha value is -1.95. The zero-order valence-corrected chi connectivity index (χ0v) is 13.0. The molecular weight excluding hydrogens is 302 g/mol. The van der Waals surface area contributed by atoms with Gasteiger partial charge in [-0.25, -0.2) is 4.68 Å². The van der Waals surface area contributed by atoms with E-state index in [4.69, 9.17) is 11.6 Å². The van der Waals surface area contributed by atoms with Gasteiger partial charge in [-0.05, 0) is 41.0 Å². The Labute approximate surface area is 134 Å². The van der Waals surface area contributed by atoms with Gasteiger partial charge in [0.05, 0.1) is 6.04 Å². The van der Waals surface area contributed by atoms with Crippen molar-refractivity contribution >= 4 is 17.5 Å². The first kappa shape index (κ1) is 15.0. The van der Waals surface area contributed by atoms with Gasteiger partial charge in [-0.2, -0.15) is 0 Å². The zero-order chi connectivity index (χ0) is 15.4. The molecule has 1 aliphatic heterocycles. The zero-order valence-electron chi connectivity index (χ0n) is 12.2. The van der Waals surface area contributed by atoms with Crippen LogP contribution in [0, 0.1) is 0 Å². The van der Waals surface area contributed by atoms with E-state index >= 15 is 0 Å². The molecule has 1 saturated heterocycles. The standard InChI is InChI=1S/C15H18ClN5O/c16-13-7-5-12(6-8-13)14-4-2-1-3-9-21(14)15(22)10-20-11-17-18-19-20/h5-8,11,14H,1-4,9-10H2. The molecule has 1 aromatic carbocycles. The molecule has 1 fully saturated rings. The van der Waals surface area contributed by atoms with Crippen molar-refractivity contribution < 1.29 is 4.79 Å². The summed E-state index contributed by atoms with van der Waals surface area (Å²) in [5, 5.41) is 11.6. The van der Waals surface area contributed by atoms with Crippen LogP contribution in [0.5, 0.6) is 0 Å². The van der Waals surface area contributed by atoms with E-state index < -0.39 is 0 Å². The molecule has 0 saturated carbocycles. The molecule has 3 rings (SSSR count). The summed E-state index contributed by atoms with van der Waals surface area (Å²) >= 11 is 5.97. The average molecular weight is 320 g/mol. The van der Waals surface area contributed by atoms with Crippen LogP contribution < -0.4 is 0 Å². The second-order valence-electron chi connectivity index (χ2n) is 5.51. The van der Waals surface area contributed by atoms with Crippen LogP contribution >= 0.6 is 11.6 Å². The Morgan fingerprint density at radius 3 is 2.77 bits per heavy atom. The molecule has 7 heteroatoms. The first-order valence-electron chi connectivity index (χ1n) is 7.50. The maximum absolute atomic E-state index is 12.7. The number of rotatable bonds is 3. The van der Waals surface area contributed by atoms with Crippen molar-refractivity contribution in [3.63, 3.8) is 0 Å². The molecule has 1 aromatic heterocycles. The van der Waals surface area contributed by atoms with Crippen LogP contribution in [0.2, 0.25) is 5.02 Å². The minimum atomic E-state index is 0.0501. The van der Waals surface area contributed by atoms with Gasteiger partial charge in [0, 0.05) is 11.6 Å². The maximum atomic E-state index is 12.7. The second-order valence-corrected chi connectivity index (χ2v) is 5.95. The molecule has 1 unspecified atom stereocenters. The highest BCUT2D eigenvalue weighted by Crippen LogP contribution is 2.31. The number of hydrogen-bond donors (Lipinski definition) is 0. The molecule has 116 valence electrons. The highest BCUT2D eigenvalue weighted by molar-refractivity contribution is 6.30. The molecule has 6 nitrogen and oxygen atoms in total. The fourth-order valence-corrected chi connectivity index (χ4v) is 3.05. The van der Waals surface area contributed by atoms with E-state index in [2.05, 4.69) is 15.5 Å². The number of hydrogen-bond acceptors (Lipinski definition) is 4. The molecule has 1 amide bonds. The lowest BCUT2D eigenvalue weighted by Crippen LogP contribution is -2.37. The predicted molar refractivity (Wildman–Crippen MR) is 82.2 cm³/mol. The van der Waals surface area contributed by atoms with Crippen molar-refractivity contribution in [1.29, 1.82) is 0 Å². The monoisotopic (exact) mass is 319 g/mol. The Kier molecular flexibility index (Phi) is 4.68. The second kappa shape index (κ2) is 6.87. The molecule has 0 bridgehead atoms. The molecular formula is C15H18ClN5O. The van der Waals surface area contributed by atoms with Crippen LogP contribution in [-0.4, -0.2) is 37.6 Å². The van der Waals surface area contributed by atoms with Gasteiger partial charge in [0.25, 0.3) is 0 Å². The van der Waals surface area contributed by atoms with E-state index in [1.54, 1.807) is 0 Å². The fourth-order valence-electron chi connectivity index (χ4n) is 2.92. The highest BCUT2D eigenvalue weighted by atomic mass is 35.5. The van der Waals surface area contributed by atoms with Crippen LogP contribution in [-0.2, 0) is 11.3 Å². The lowest BCUT2D eigenvalue weighted by Gasteiger charge is -2.30. The van der Waals surface area contributed by atoms with Crippen LogP contribution in [0.3, 0.4) is 0 Å². The number of nitrogens with zero attached hydrogens (tertiary/aromatic N) is 5. The Balaban J connectivity index is 1.81. The third kappa shape index (κ3) is 3.44. The normalized spacial score (nSPS) is 19.0. The topological polar surface area (TPSA) is 63.9 Å². The summed E-state index contributed by atoms with van der Waals surface area (Å²) in [4.78, 5) is 14.6. The summed E-state index contributed by atoms with van der Waals surface area (Å²) in [6, 6.07) is 7.88. The van der Waals surface area contributed by atoms with E-state index in [1.165, 1.54) is 11.0 Å². The Morgan fingerprint density at radius 1 is 1.23 bits per heavy atom. The van der Waals surface area contributed by atoms with Crippen LogP contribution in [0.1, 0.15) is 37.3 Å². The summed E-state index contributed by atoms with van der Waals surface area (Å²) in [5.41, 5.74) is 1.14. The largest absolute Gasteiger partial charge is 0.334 e. The molecule has 0 spiro atoms. The first-order chi connectivity index (χ1) is 10.7. The third-order valence-electron chi connectivity index (χ3n) is 4.02. The lowest BCUT2D eigenvalue weighted by molar-refractivity contribution is -0.134. The number of halogens is 1. The van der Waals surface area contributed by atoms with E-state index in [-0.39, 0.29) is 18.5 Å². The summed E-state index contributed by atoms with van der Waals surface area (Å²) in [5.74, 6) is 0.0501. The smallest absolute Gasteiger partial charge is 0.244 e. The van der Waals surface area contributed by atoms with Crippen LogP contribution in [0.4, 0.5) is 0 Å². The molecule has 0 radical (unpaired) electrons. The number of likely N-dealkylation sites (tertiary alicyclic amines) is 1. The Bertz CT molecular complexity index is 613. The van der Waals surface area contributed by atoms with E-state index in [9.17, 15) is 4.79 Å². The van der Waals surface area contributed by atoms with Gasteiger partial charge < -0.3 is 4.90 Å². The van der Waals surface area contributed by atoms with Gasteiger partial charge in [-0.3, -0.25) is 4.79 Å². The van der Waals surface area contributed by atoms with Gasteiger partial charge in [0.2, 0.25) is 5.91 Å². The molecule has 1 aliphatic rings. The SMILES string of the molecule is O=C(Cn1cnnn1)N1CCCCCC1c1ccc(Cl)cc1. The number of carbonyl (C=O) groups excluding carboxylic acids is 1. The van der Waals surface area contributed by atoms with Gasteiger partial charge in [0.1, 0.15) is 12.9 Å². The van der Waals surface area contributed by atoms with Gasteiger partial charge >= 0.3 is 0 Å². The summed E-state index contributed by atoms with van der Waals surface area (Å²) in [6.07, 6.45) is 5.75. The first-order valence-corrected chi connectivity index (χ1v) is 7.87. The van der Waals surface area contributed by atoms with Crippen molar-refractivity contribution in [3.05, 3.63) is 41.2 Å². The van der Waals surface area contributed by atoms with Crippen molar-refractivity contribution in [2.75, 3.05) is 6.54 Å². The summed E-state index contributed by atoms with van der Waals surface area (Å²) < 4.78 is 1.46. The number of aromatic nitrogens is 4.